The zero-order chi connectivity index (χ0) is 17.8. The Bertz CT molecular complexity index is 983. The number of methoxy groups -OCH3 is 1. The first-order valence-corrected chi connectivity index (χ1v) is 9.22. The number of anilines is 2. The Labute approximate surface area is 173 Å². The van der Waals surface area contributed by atoms with Gasteiger partial charge in [0.1, 0.15) is 5.75 Å². The molecule has 0 saturated heterocycles. The maximum Gasteiger partial charge on any atom is 0.187 e. The molecule has 0 amide bonds. The van der Waals surface area contributed by atoms with Gasteiger partial charge in [0, 0.05) is 16.6 Å². The van der Waals surface area contributed by atoms with Gasteiger partial charge in [0.25, 0.3) is 0 Å². The molecule has 0 aliphatic heterocycles. The molecule has 5 heteroatoms. The second-order valence-electron chi connectivity index (χ2n) is 5.83. The van der Waals surface area contributed by atoms with Gasteiger partial charge in [0.15, 0.2) is 5.13 Å². The highest BCUT2D eigenvalue weighted by molar-refractivity contribution is 8.93. The van der Waals surface area contributed by atoms with Crippen molar-refractivity contribution in [3.8, 4) is 28.1 Å². The Balaban J connectivity index is 0.00000210. The molecule has 3 aromatic carbocycles. The lowest BCUT2D eigenvalue weighted by atomic mass is 10.0. The minimum absolute atomic E-state index is 0. The van der Waals surface area contributed by atoms with E-state index in [1.54, 1.807) is 18.4 Å². The fourth-order valence-corrected chi connectivity index (χ4v) is 3.47. The average Bonchev–Trinajstić information content (AvgIpc) is 3.18. The van der Waals surface area contributed by atoms with Crippen LogP contribution in [0.3, 0.4) is 0 Å². The zero-order valence-corrected chi connectivity index (χ0v) is 17.3. The van der Waals surface area contributed by atoms with Crippen molar-refractivity contribution in [1.29, 1.82) is 0 Å². The number of ether oxygens (including phenoxy) is 1. The van der Waals surface area contributed by atoms with Gasteiger partial charge in [-0.05, 0) is 35.4 Å². The molecule has 1 aromatic heterocycles. The third-order valence-electron chi connectivity index (χ3n) is 4.13. The number of aromatic nitrogens is 1. The molecule has 0 radical (unpaired) electrons. The Morgan fingerprint density at radius 3 is 2.07 bits per heavy atom. The molecule has 3 nitrogen and oxygen atoms in total. The maximum absolute atomic E-state index is 5.18. The van der Waals surface area contributed by atoms with Gasteiger partial charge in [-0.3, -0.25) is 0 Å². The van der Waals surface area contributed by atoms with Crippen molar-refractivity contribution >= 4 is 39.1 Å². The molecule has 27 heavy (non-hydrogen) atoms. The maximum atomic E-state index is 5.18. The van der Waals surface area contributed by atoms with Crippen LogP contribution in [0.5, 0.6) is 5.75 Å². The van der Waals surface area contributed by atoms with Crippen molar-refractivity contribution in [2.75, 3.05) is 12.4 Å². The molecule has 0 aliphatic carbocycles. The van der Waals surface area contributed by atoms with E-state index >= 15 is 0 Å². The smallest absolute Gasteiger partial charge is 0.187 e. The molecule has 0 fully saturated rings. The molecule has 4 aromatic rings. The van der Waals surface area contributed by atoms with E-state index in [0.717, 1.165) is 27.8 Å². The van der Waals surface area contributed by atoms with Crippen LogP contribution in [0.1, 0.15) is 0 Å². The number of halogens is 1. The molecule has 4 rings (SSSR count). The Morgan fingerprint density at radius 1 is 0.778 bits per heavy atom. The van der Waals surface area contributed by atoms with Gasteiger partial charge in [-0.2, -0.15) is 0 Å². The lowest BCUT2D eigenvalue weighted by Gasteiger charge is -2.04. The Kier molecular flexibility index (Phi) is 6.27. The van der Waals surface area contributed by atoms with Crippen molar-refractivity contribution in [2.24, 2.45) is 0 Å². The van der Waals surface area contributed by atoms with Crippen molar-refractivity contribution < 1.29 is 4.74 Å². The third-order valence-corrected chi connectivity index (χ3v) is 4.89. The lowest BCUT2D eigenvalue weighted by Crippen LogP contribution is -1.90. The minimum Gasteiger partial charge on any atom is -0.497 e. The third kappa shape index (κ3) is 4.56. The molecule has 0 atom stereocenters. The van der Waals surface area contributed by atoms with Crippen LogP contribution >= 0.6 is 28.3 Å². The summed E-state index contributed by atoms with van der Waals surface area (Å²) >= 11 is 1.60. The first-order chi connectivity index (χ1) is 12.8. The van der Waals surface area contributed by atoms with Crippen molar-refractivity contribution in [2.45, 2.75) is 0 Å². The topological polar surface area (TPSA) is 34.1 Å². The van der Waals surface area contributed by atoms with Crippen LogP contribution in [0.25, 0.3) is 22.4 Å². The van der Waals surface area contributed by atoms with E-state index in [4.69, 9.17) is 9.72 Å². The van der Waals surface area contributed by atoms with E-state index in [2.05, 4.69) is 59.2 Å². The van der Waals surface area contributed by atoms with Gasteiger partial charge in [0.2, 0.25) is 0 Å². The fourth-order valence-electron chi connectivity index (χ4n) is 2.73. The molecule has 0 unspecified atom stereocenters. The monoisotopic (exact) mass is 438 g/mol. The van der Waals surface area contributed by atoms with E-state index in [9.17, 15) is 0 Å². The summed E-state index contributed by atoms with van der Waals surface area (Å²) in [5.41, 5.74) is 5.51. The van der Waals surface area contributed by atoms with Crippen LogP contribution in [0.2, 0.25) is 0 Å². The molecule has 0 aliphatic rings. The first kappa shape index (κ1) is 19.1. The zero-order valence-electron chi connectivity index (χ0n) is 14.8. The number of thiazole rings is 1. The van der Waals surface area contributed by atoms with Crippen molar-refractivity contribution in [1.82, 2.24) is 4.98 Å². The van der Waals surface area contributed by atoms with E-state index in [1.807, 2.05) is 30.3 Å². The quantitative estimate of drug-likeness (QED) is 0.371. The molecule has 1 N–H and O–H groups in total. The van der Waals surface area contributed by atoms with Crippen molar-refractivity contribution in [3.05, 3.63) is 84.2 Å². The van der Waals surface area contributed by atoms with Gasteiger partial charge in [-0.15, -0.1) is 28.3 Å². The fraction of sp³-hybridized carbons (Fsp3) is 0.0455. The standard InChI is InChI=1S/C22H18N2OS.BrH/c1-25-20-13-11-19(12-14-20)23-22-24-21(15-26-22)18-9-7-17(8-10-18)16-5-3-2-4-6-16;/h2-15H,1H3,(H,23,24);1H. The Morgan fingerprint density at radius 2 is 1.41 bits per heavy atom. The van der Waals surface area contributed by atoms with Crippen LogP contribution in [0.4, 0.5) is 10.8 Å². The number of benzene rings is 3. The first-order valence-electron chi connectivity index (χ1n) is 8.34. The number of hydrogen-bond acceptors (Lipinski definition) is 4. The summed E-state index contributed by atoms with van der Waals surface area (Å²) in [4.78, 5) is 4.70. The highest BCUT2D eigenvalue weighted by Crippen LogP contribution is 2.29. The number of rotatable bonds is 5. The van der Waals surface area contributed by atoms with E-state index in [1.165, 1.54) is 11.1 Å². The molecule has 136 valence electrons. The average molecular weight is 439 g/mol. The van der Waals surface area contributed by atoms with Gasteiger partial charge >= 0.3 is 0 Å². The molecule has 0 bridgehead atoms. The number of hydrogen-bond donors (Lipinski definition) is 1. The second kappa shape index (κ2) is 8.84. The van der Waals surface area contributed by atoms with Gasteiger partial charge < -0.3 is 10.1 Å². The summed E-state index contributed by atoms with van der Waals surface area (Å²) in [7, 11) is 1.67. The largest absolute Gasteiger partial charge is 0.497 e. The van der Waals surface area contributed by atoms with Crippen molar-refractivity contribution in [3.63, 3.8) is 0 Å². The van der Waals surface area contributed by atoms with E-state index in [-0.39, 0.29) is 17.0 Å². The number of nitrogens with zero attached hydrogens (tertiary/aromatic N) is 1. The van der Waals surface area contributed by atoms with E-state index in [0.29, 0.717) is 0 Å². The summed E-state index contributed by atoms with van der Waals surface area (Å²) in [5, 5.41) is 6.28. The predicted octanol–water partition coefficient (Wildman–Crippen LogP) is 6.81. The lowest BCUT2D eigenvalue weighted by molar-refractivity contribution is 0.415. The van der Waals surface area contributed by atoms with Gasteiger partial charge in [0.05, 0.1) is 12.8 Å². The van der Waals surface area contributed by atoms with Gasteiger partial charge in [-0.25, -0.2) is 4.98 Å². The van der Waals surface area contributed by atoms with Crippen LogP contribution in [0.15, 0.2) is 84.2 Å². The summed E-state index contributed by atoms with van der Waals surface area (Å²) in [6, 6.07) is 26.7. The van der Waals surface area contributed by atoms with E-state index < -0.39 is 0 Å². The molecule has 0 saturated carbocycles. The predicted molar refractivity (Wildman–Crippen MR) is 120 cm³/mol. The summed E-state index contributed by atoms with van der Waals surface area (Å²) in [5.74, 6) is 0.842. The van der Waals surface area contributed by atoms with Crippen LogP contribution in [0, 0.1) is 0 Å². The summed E-state index contributed by atoms with van der Waals surface area (Å²) in [6.45, 7) is 0. The summed E-state index contributed by atoms with van der Waals surface area (Å²) in [6.07, 6.45) is 0. The normalized spacial score (nSPS) is 10.1. The second-order valence-corrected chi connectivity index (χ2v) is 6.69. The Hall–Kier alpha value is -2.63. The van der Waals surface area contributed by atoms with Crippen LogP contribution in [-0.2, 0) is 0 Å². The highest BCUT2D eigenvalue weighted by Gasteiger charge is 2.06. The molecular weight excluding hydrogens is 420 g/mol. The minimum atomic E-state index is 0. The van der Waals surface area contributed by atoms with Gasteiger partial charge in [-0.1, -0.05) is 54.6 Å². The van der Waals surface area contributed by atoms with Crippen LogP contribution < -0.4 is 10.1 Å². The number of nitrogens with one attached hydrogen (secondary N) is 1. The van der Waals surface area contributed by atoms with Crippen LogP contribution in [-0.4, -0.2) is 12.1 Å². The molecular formula is C22H19BrN2OS. The molecule has 0 spiro atoms. The highest BCUT2D eigenvalue weighted by atomic mass is 79.9. The molecule has 1 heterocycles. The SMILES string of the molecule is Br.COc1ccc(Nc2nc(-c3ccc(-c4ccccc4)cc3)cs2)cc1. The summed E-state index contributed by atoms with van der Waals surface area (Å²) < 4.78 is 5.18.